The summed E-state index contributed by atoms with van der Waals surface area (Å²) in [5, 5.41) is 46.2. The van der Waals surface area contributed by atoms with Crippen molar-refractivity contribution in [1.29, 1.82) is 0 Å². The maximum atomic E-state index is 16.4. The van der Waals surface area contributed by atoms with Gasteiger partial charge in [-0.3, -0.25) is 28.9 Å². The van der Waals surface area contributed by atoms with Crippen LogP contribution >= 0.6 is 11.8 Å². The van der Waals surface area contributed by atoms with Crippen molar-refractivity contribution in [2.45, 2.75) is 115 Å². The summed E-state index contributed by atoms with van der Waals surface area (Å²) in [6, 6.07) is 11.7. The van der Waals surface area contributed by atoms with E-state index >= 15 is 8.78 Å². The molecule has 7 rings (SSSR count). The number of hydrogen-bond donors (Lipinski definition) is 6. The number of nitrogens with zero attached hydrogens (tertiary/aromatic N) is 5. The van der Waals surface area contributed by atoms with Crippen LogP contribution in [-0.4, -0.2) is 168 Å². The van der Waals surface area contributed by atoms with Crippen LogP contribution in [0, 0.1) is 28.8 Å². The van der Waals surface area contributed by atoms with E-state index in [9.17, 15) is 62.8 Å². The minimum absolute atomic E-state index is 0.00735. The number of carbonyl (C=O) groups is 7. The van der Waals surface area contributed by atoms with Crippen molar-refractivity contribution in [2.24, 2.45) is 11.3 Å². The van der Waals surface area contributed by atoms with E-state index in [2.05, 4.69) is 10.6 Å². The third kappa shape index (κ3) is 16.5. The molecule has 2 fully saturated rings. The standard InChI is InChI=1S/C57H67F4N7O14S/c1-57(2,3)52(53-64-41(37-25-36(59)13-14-38(37)60)30-65(53)26-32-9-8-10-35(58)23-32)68(47(73)19-22-83-4)28-34-27-66(29-39(34)61)56(79)80-31-33-12-15-42(81-55-50(76)48(74)49(75)51(82-55)54(77)78)40(24-33)63-44(70)18-20-62-43(69)11-6-5-7-21-67-45(71)16-17-46(67)72/h8-10,12-17,23-25,30,34,39,48-52,55,74-76H,5-7,11,18-22,26-29,31H2,1-4H3,(H,62,69)(H,63,70)(H,77,78)/t34-,39-,48-,49-,50+,51-,52-,55+/m0/s1. The van der Waals surface area contributed by atoms with Crippen LogP contribution in [-0.2, 0) is 51.4 Å². The van der Waals surface area contributed by atoms with E-state index in [0.717, 1.165) is 28.0 Å². The molecule has 448 valence electrons. The number of anilines is 1. The minimum atomic E-state index is -2.03. The fourth-order valence-corrected chi connectivity index (χ4v) is 10.3. The predicted octanol–water partition coefficient (Wildman–Crippen LogP) is 5.49. The maximum absolute atomic E-state index is 16.4. The topological polar surface area (TPSA) is 280 Å². The molecule has 6 amide bonds. The van der Waals surface area contributed by atoms with Gasteiger partial charge in [-0.2, -0.15) is 11.8 Å². The number of rotatable bonds is 25. The first-order valence-electron chi connectivity index (χ1n) is 26.9. The number of halogens is 4. The molecule has 3 aliphatic heterocycles. The summed E-state index contributed by atoms with van der Waals surface area (Å²) in [6.07, 6.45) is -5.58. The van der Waals surface area contributed by atoms with Gasteiger partial charge in [0.2, 0.25) is 24.0 Å². The van der Waals surface area contributed by atoms with Gasteiger partial charge in [0.1, 0.15) is 60.1 Å². The van der Waals surface area contributed by atoms with Crippen LogP contribution in [0.1, 0.15) is 82.3 Å². The number of aromatic nitrogens is 2. The second-order valence-electron chi connectivity index (χ2n) is 21.5. The molecule has 4 heterocycles. The van der Waals surface area contributed by atoms with E-state index in [1.807, 2.05) is 27.0 Å². The SMILES string of the molecule is CSCCC(=O)N(C[C@@H]1CN(C(=O)OCc2ccc(O[C@@H]3O[C@H](C(=O)O)[C@@H](O)[C@H](O)[C@H]3O)c(NC(=O)CCNC(=O)CCCCCN3C(=O)C=CC3=O)c2)C[C@@H]1F)[C@@H](c1nc(-c2cc(F)ccc2F)cn1Cc1cccc(F)c1)C(C)(C)C. The molecule has 26 heteroatoms. The number of nitrogens with one attached hydrogen (secondary N) is 2. The van der Waals surface area contributed by atoms with Crippen LogP contribution in [0.25, 0.3) is 11.3 Å². The lowest BCUT2D eigenvalue weighted by Crippen LogP contribution is -2.61. The number of thioether (sulfide) groups is 1. The van der Waals surface area contributed by atoms with Gasteiger partial charge in [-0.05, 0) is 78.1 Å². The van der Waals surface area contributed by atoms with Gasteiger partial charge in [-0.15, -0.1) is 0 Å². The average molecular weight is 1180 g/mol. The van der Waals surface area contributed by atoms with Gasteiger partial charge in [0, 0.05) is 87.6 Å². The highest BCUT2D eigenvalue weighted by Crippen LogP contribution is 2.41. The summed E-state index contributed by atoms with van der Waals surface area (Å²) in [5.74, 6) is -6.47. The molecule has 0 saturated carbocycles. The van der Waals surface area contributed by atoms with Gasteiger partial charge < -0.3 is 59.6 Å². The minimum Gasteiger partial charge on any atom is -0.479 e. The zero-order valence-electron chi connectivity index (χ0n) is 46.1. The Kier molecular flexibility index (Phi) is 21.5. The molecule has 6 N–H and O–H groups in total. The summed E-state index contributed by atoms with van der Waals surface area (Å²) in [4.78, 5) is 98.1. The van der Waals surface area contributed by atoms with Crippen molar-refractivity contribution in [1.82, 2.24) is 29.6 Å². The Bertz CT molecular complexity index is 3030. The van der Waals surface area contributed by atoms with E-state index in [-0.39, 0.29) is 97.9 Å². The van der Waals surface area contributed by atoms with Crippen LogP contribution in [0.15, 0.2) is 79.0 Å². The summed E-state index contributed by atoms with van der Waals surface area (Å²) >= 11 is 1.41. The molecule has 0 unspecified atom stereocenters. The molecule has 0 aliphatic carbocycles. The third-order valence-electron chi connectivity index (χ3n) is 14.1. The van der Waals surface area contributed by atoms with E-state index in [0.29, 0.717) is 30.6 Å². The van der Waals surface area contributed by atoms with Crippen molar-refractivity contribution in [3.05, 3.63) is 113 Å². The number of carboxylic acids is 1. The van der Waals surface area contributed by atoms with Crippen LogP contribution in [0.3, 0.4) is 0 Å². The number of unbranched alkanes of at least 4 members (excludes halogenated alkanes) is 2. The lowest BCUT2D eigenvalue weighted by atomic mass is 9.84. The molecule has 2 saturated heterocycles. The number of aliphatic hydroxyl groups excluding tert-OH is 3. The number of ether oxygens (including phenoxy) is 3. The quantitative estimate of drug-likeness (QED) is 0.0272. The smallest absolute Gasteiger partial charge is 0.410 e. The number of imide groups is 1. The Balaban J connectivity index is 1.05. The van der Waals surface area contributed by atoms with Gasteiger partial charge in [0.15, 0.2) is 6.10 Å². The number of amides is 6. The molecule has 0 spiro atoms. The Hall–Kier alpha value is -7.39. The van der Waals surface area contributed by atoms with Crippen LogP contribution in [0.5, 0.6) is 5.75 Å². The molecule has 8 atom stereocenters. The van der Waals surface area contributed by atoms with Crippen molar-refractivity contribution >= 4 is 59.0 Å². The second-order valence-corrected chi connectivity index (χ2v) is 22.4. The molecule has 21 nitrogen and oxygen atoms in total. The molecule has 83 heavy (non-hydrogen) atoms. The zero-order valence-corrected chi connectivity index (χ0v) is 46.9. The number of carbonyl (C=O) groups excluding carboxylic acids is 6. The Morgan fingerprint density at radius 2 is 1.60 bits per heavy atom. The Morgan fingerprint density at radius 1 is 0.867 bits per heavy atom. The van der Waals surface area contributed by atoms with E-state index in [4.69, 9.17) is 19.2 Å². The second kappa shape index (κ2) is 28.3. The molecule has 4 aromatic rings. The molecule has 1 aromatic heterocycles. The van der Waals surface area contributed by atoms with Crippen molar-refractivity contribution in [3.63, 3.8) is 0 Å². The first-order chi connectivity index (χ1) is 39.4. The summed E-state index contributed by atoms with van der Waals surface area (Å²) < 4.78 is 79.3. The zero-order chi connectivity index (χ0) is 60.3. The number of alkyl halides is 1. The van der Waals surface area contributed by atoms with Gasteiger partial charge in [-0.1, -0.05) is 45.4 Å². The number of benzene rings is 3. The predicted molar refractivity (Wildman–Crippen MR) is 292 cm³/mol. The highest BCUT2D eigenvalue weighted by atomic mass is 32.2. The highest BCUT2D eigenvalue weighted by Gasteiger charge is 2.49. The normalized spacial score (nSPS) is 21.0. The lowest BCUT2D eigenvalue weighted by Gasteiger charge is -2.41. The summed E-state index contributed by atoms with van der Waals surface area (Å²) in [7, 11) is 0. The molecule has 0 bridgehead atoms. The Labute approximate surface area is 479 Å². The Morgan fingerprint density at radius 3 is 2.30 bits per heavy atom. The van der Waals surface area contributed by atoms with Crippen molar-refractivity contribution in [2.75, 3.05) is 50.0 Å². The fraction of sp³-hybridized carbons (Fsp3) is 0.474. The molecular weight excluding hydrogens is 1110 g/mol. The van der Waals surface area contributed by atoms with Gasteiger partial charge in [0.25, 0.3) is 11.8 Å². The first kappa shape index (κ1) is 63.2. The fourth-order valence-electron chi connectivity index (χ4n) is 9.89. The van der Waals surface area contributed by atoms with Crippen LogP contribution in [0.4, 0.5) is 28.0 Å². The number of aliphatic hydroxyl groups is 3. The number of carboxylic acid groups (broad SMARTS) is 1. The van der Waals surface area contributed by atoms with Gasteiger partial charge in [-0.25, -0.2) is 32.1 Å². The summed E-state index contributed by atoms with van der Waals surface area (Å²) in [6.45, 7) is 4.28. The number of imidazole rings is 1. The van der Waals surface area contributed by atoms with Crippen molar-refractivity contribution < 1.29 is 85.8 Å². The number of hydrogen-bond acceptors (Lipinski definition) is 15. The van der Waals surface area contributed by atoms with Crippen LogP contribution in [0.2, 0.25) is 0 Å². The van der Waals surface area contributed by atoms with Gasteiger partial charge >= 0.3 is 12.1 Å². The number of aliphatic carboxylic acids is 1. The van der Waals surface area contributed by atoms with E-state index in [1.165, 1.54) is 71.4 Å². The molecule has 0 radical (unpaired) electrons. The molecule has 3 aliphatic rings. The van der Waals surface area contributed by atoms with E-state index < -0.39 is 115 Å². The summed E-state index contributed by atoms with van der Waals surface area (Å²) in [5.41, 5.74) is -0.376. The van der Waals surface area contributed by atoms with Crippen molar-refractivity contribution in [3.8, 4) is 17.0 Å². The maximum Gasteiger partial charge on any atom is 0.410 e. The lowest BCUT2D eigenvalue weighted by molar-refractivity contribution is -0.271. The molecule has 3 aromatic carbocycles. The largest absolute Gasteiger partial charge is 0.479 e. The van der Waals surface area contributed by atoms with E-state index in [1.54, 1.807) is 10.6 Å². The average Bonchev–Trinajstić information content (AvgIpc) is 2.73. The first-order valence-corrected chi connectivity index (χ1v) is 28.2. The highest BCUT2D eigenvalue weighted by molar-refractivity contribution is 7.98. The third-order valence-corrected chi connectivity index (χ3v) is 14.7. The monoisotopic (exact) mass is 1180 g/mol. The van der Waals surface area contributed by atoms with Crippen LogP contribution < -0.4 is 15.4 Å². The molecular formula is C57H67F4N7O14S. The van der Waals surface area contributed by atoms with Gasteiger partial charge in [0.05, 0.1) is 24.0 Å². The number of likely N-dealkylation sites (tertiary alicyclic amines) is 1.